The zero-order chi connectivity index (χ0) is 25.8. The molecule has 1 aromatic heterocycles. The molecule has 0 bridgehead atoms. The van der Waals surface area contributed by atoms with Crippen LogP contribution in [0, 0.1) is 0 Å². The van der Waals surface area contributed by atoms with Gasteiger partial charge in [0.15, 0.2) is 6.61 Å². The van der Waals surface area contributed by atoms with Gasteiger partial charge >= 0.3 is 0 Å². The van der Waals surface area contributed by atoms with Crippen LogP contribution in [0.5, 0.6) is 17.2 Å². The molecule has 0 spiro atoms. The molecule has 9 heteroatoms. The van der Waals surface area contributed by atoms with E-state index in [2.05, 4.69) is 20.2 Å². The smallest absolute Gasteiger partial charge is 0.262 e. The average molecular weight is 501 g/mol. The number of hydrogen-bond donors (Lipinski definition) is 2. The zero-order valence-corrected chi connectivity index (χ0v) is 20.7. The number of hydrogen-bond acceptors (Lipinski definition) is 7. The third-order valence-corrected chi connectivity index (χ3v) is 6.32. The first-order chi connectivity index (χ1) is 18.0. The SMILES string of the molecule is COc1cc(OC)c2c(=O)[nH]c(-c3ccc(OCC(=O)Nc4ccc(N5CCCC5)cc4)cc3)nc2c1. The minimum Gasteiger partial charge on any atom is -0.497 e. The van der Waals surface area contributed by atoms with Gasteiger partial charge < -0.3 is 29.4 Å². The molecule has 2 heterocycles. The predicted octanol–water partition coefficient (Wildman–Crippen LogP) is 4.23. The van der Waals surface area contributed by atoms with Crippen LogP contribution in [-0.4, -0.2) is 49.8 Å². The first-order valence-electron chi connectivity index (χ1n) is 12.1. The number of ether oxygens (including phenoxy) is 3. The number of carbonyl (C=O) groups is 1. The molecule has 0 unspecified atom stereocenters. The Morgan fingerprint density at radius 2 is 1.70 bits per heavy atom. The third-order valence-electron chi connectivity index (χ3n) is 6.32. The fraction of sp³-hybridized carbons (Fsp3) is 0.250. The fourth-order valence-electron chi connectivity index (χ4n) is 4.41. The number of H-pyrrole nitrogens is 1. The zero-order valence-electron chi connectivity index (χ0n) is 20.7. The molecule has 3 aromatic carbocycles. The number of methoxy groups -OCH3 is 2. The van der Waals surface area contributed by atoms with Crippen LogP contribution in [0.4, 0.5) is 11.4 Å². The summed E-state index contributed by atoms with van der Waals surface area (Å²) in [5.74, 6) is 1.60. The predicted molar refractivity (Wildman–Crippen MR) is 143 cm³/mol. The quantitative estimate of drug-likeness (QED) is 0.373. The molecule has 1 aliphatic heterocycles. The van der Waals surface area contributed by atoms with Crippen molar-refractivity contribution in [3.63, 3.8) is 0 Å². The number of benzene rings is 3. The van der Waals surface area contributed by atoms with Crippen LogP contribution in [-0.2, 0) is 4.79 Å². The van der Waals surface area contributed by atoms with Crippen molar-refractivity contribution in [2.24, 2.45) is 0 Å². The van der Waals surface area contributed by atoms with Crippen molar-refractivity contribution in [1.29, 1.82) is 0 Å². The van der Waals surface area contributed by atoms with Crippen LogP contribution in [0.3, 0.4) is 0 Å². The summed E-state index contributed by atoms with van der Waals surface area (Å²) < 4.78 is 16.3. The Morgan fingerprint density at radius 3 is 2.38 bits per heavy atom. The molecule has 190 valence electrons. The van der Waals surface area contributed by atoms with Crippen molar-refractivity contribution < 1.29 is 19.0 Å². The first-order valence-corrected chi connectivity index (χ1v) is 12.1. The third kappa shape index (κ3) is 5.35. The van der Waals surface area contributed by atoms with E-state index in [1.54, 1.807) is 43.5 Å². The Morgan fingerprint density at radius 1 is 0.973 bits per heavy atom. The van der Waals surface area contributed by atoms with Crippen LogP contribution < -0.4 is 30.0 Å². The summed E-state index contributed by atoms with van der Waals surface area (Å²) in [6, 6.07) is 18.2. The van der Waals surface area contributed by atoms with Crippen LogP contribution in [0.15, 0.2) is 65.5 Å². The summed E-state index contributed by atoms with van der Waals surface area (Å²) in [6.45, 7) is 2.03. The van der Waals surface area contributed by atoms with Gasteiger partial charge in [-0.3, -0.25) is 9.59 Å². The lowest BCUT2D eigenvalue weighted by atomic mass is 10.1. The Labute approximate surface area is 214 Å². The molecule has 37 heavy (non-hydrogen) atoms. The van der Waals surface area contributed by atoms with E-state index in [9.17, 15) is 9.59 Å². The van der Waals surface area contributed by atoms with Crippen LogP contribution in [0.1, 0.15) is 12.8 Å². The molecule has 1 aliphatic rings. The number of nitrogens with zero attached hydrogens (tertiary/aromatic N) is 2. The number of amides is 1. The highest BCUT2D eigenvalue weighted by molar-refractivity contribution is 5.92. The molecule has 1 amide bonds. The lowest BCUT2D eigenvalue weighted by molar-refractivity contribution is -0.118. The summed E-state index contributed by atoms with van der Waals surface area (Å²) in [5.41, 5.74) is 2.74. The van der Waals surface area contributed by atoms with Gasteiger partial charge in [-0.1, -0.05) is 0 Å². The number of aromatic amines is 1. The topological polar surface area (TPSA) is 106 Å². The molecule has 0 radical (unpaired) electrons. The summed E-state index contributed by atoms with van der Waals surface area (Å²) in [4.78, 5) is 34.8. The van der Waals surface area contributed by atoms with E-state index in [4.69, 9.17) is 14.2 Å². The summed E-state index contributed by atoms with van der Waals surface area (Å²) in [5, 5.41) is 3.21. The standard InChI is InChI=1S/C28H28N4O5/c1-35-22-15-23-26(24(16-22)36-2)28(34)31-27(30-23)18-5-11-21(12-6-18)37-17-25(33)29-19-7-9-20(10-8-19)32-13-3-4-14-32/h5-12,15-16H,3-4,13-14,17H2,1-2H3,(H,29,33)(H,30,31,34). The van der Waals surface area contributed by atoms with Gasteiger partial charge in [-0.15, -0.1) is 0 Å². The number of nitrogens with one attached hydrogen (secondary N) is 2. The van der Waals surface area contributed by atoms with Gasteiger partial charge in [0.05, 0.1) is 19.7 Å². The van der Waals surface area contributed by atoms with Crippen molar-refractivity contribution in [2.75, 3.05) is 44.1 Å². The maximum atomic E-state index is 12.7. The highest BCUT2D eigenvalue weighted by atomic mass is 16.5. The molecule has 9 nitrogen and oxygen atoms in total. The van der Waals surface area contributed by atoms with Gasteiger partial charge in [-0.05, 0) is 61.4 Å². The van der Waals surface area contributed by atoms with Crippen LogP contribution in [0.2, 0.25) is 0 Å². The largest absolute Gasteiger partial charge is 0.497 e. The molecular weight excluding hydrogens is 472 g/mol. The van der Waals surface area contributed by atoms with E-state index in [1.807, 2.05) is 24.3 Å². The summed E-state index contributed by atoms with van der Waals surface area (Å²) in [6.07, 6.45) is 2.44. The van der Waals surface area contributed by atoms with Gasteiger partial charge in [0.1, 0.15) is 28.5 Å². The van der Waals surface area contributed by atoms with Crippen LogP contribution >= 0.6 is 0 Å². The maximum absolute atomic E-state index is 12.7. The van der Waals surface area contributed by atoms with Gasteiger partial charge in [-0.25, -0.2) is 4.98 Å². The molecule has 1 saturated heterocycles. The Balaban J connectivity index is 1.23. The molecular formula is C28H28N4O5. The maximum Gasteiger partial charge on any atom is 0.262 e. The minimum absolute atomic E-state index is 0.127. The normalized spacial score (nSPS) is 13.0. The number of aromatic nitrogens is 2. The Hall–Kier alpha value is -4.53. The van der Waals surface area contributed by atoms with Gasteiger partial charge in [-0.2, -0.15) is 0 Å². The molecule has 0 aliphatic carbocycles. The van der Waals surface area contributed by atoms with Crippen molar-refractivity contribution in [2.45, 2.75) is 12.8 Å². The lowest BCUT2D eigenvalue weighted by Gasteiger charge is -2.17. The second kappa shape index (κ2) is 10.6. The average Bonchev–Trinajstić information content (AvgIpc) is 3.47. The number of rotatable bonds is 8. The van der Waals surface area contributed by atoms with Gasteiger partial charge in [0.25, 0.3) is 11.5 Å². The van der Waals surface area contributed by atoms with E-state index >= 15 is 0 Å². The molecule has 0 atom stereocenters. The molecule has 2 N–H and O–H groups in total. The lowest BCUT2D eigenvalue weighted by Crippen LogP contribution is -2.20. The highest BCUT2D eigenvalue weighted by Gasteiger charge is 2.14. The first kappa shape index (κ1) is 24.2. The van der Waals surface area contributed by atoms with E-state index in [-0.39, 0.29) is 18.1 Å². The summed E-state index contributed by atoms with van der Waals surface area (Å²) in [7, 11) is 3.03. The van der Waals surface area contributed by atoms with Crippen molar-refractivity contribution in [3.05, 3.63) is 71.0 Å². The van der Waals surface area contributed by atoms with E-state index in [0.29, 0.717) is 39.5 Å². The molecule has 0 saturated carbocycles. The van der Waals surface area contributed by atoms with Crippen molar-refractivity contribution in [1.82, 2.24) is 9.97 Å². The number of carbonyl (C=O) groups excluding carboxylic acids is 1. The van der Waals surface area contributed by atoms with Crippen molar-refractivity contribution in [3.8, 4) is 28.6 Å². The van der Waals surface area contributed by atoms with Gasteiger partial charge in [0, 0.05) is 42.2 Å². The van der Waals surface area contributed by atoms with E-state index in [0.717, 1.165) is 18.8 Å². The Kier molecular flexibility index (Phi) is 6.93. The van der Waals surface area contributed by atoms with E-state index in [1.165, 1.54) is 25.6 Å². The number of anilines is 2. The highest BCUT2D eigenvalue weighted by Crippen LogP contribution is 2.29. The summed E-state index contributed by atoms with van der Waals surface area (Å²) >= 11 is 0. The molecule has 4 aromatic rings. The van der Waals surface area contributed by atoms with Crippen molar-refractivity contribution >= 4 is 28.2 Å². The second-order valence-corrected chi connectivity index (χ2v) is 8.74. The molecule has 1 fully saturated rings. The molecule has 5 rings (SSSR count). The number of fused-ring (bicyclic) bond motifs is 1. The minimum atomic E-state index is -0.315. The fourth-order valence-corrected chi connectivity index (χ4v) is 4.41. The van der Waals surface area contributed by atoms with E-state index < -0.39 is 0 Å². The van der Waals surface area contributed by atoms with Crippen LogP contribution in [0.25, 0.3) is 22.3 Å². The monoisotopic (exact) mass is 500 g/mol. The van der Waals surface area contributed by atoms with Gasteiger partial charge in [0.2, 0.25) is 0 Å². The second-order valence-electron chi connectivity index (χ2n) is 8.74. The Bertz CT molecular complexity index is 1460.